The Balaban J connectivity index is 2.23. The molecule has 0 aliphatic rings. The number of nitrogens with one attached hydrogen (secondary N) is 1. The minimum atomic E-state index is -1.27. The second-order valence-electron chi connectivity index (χ2n) is 7.45. The number of carbonyl (C=O) groups is 3. The number of anilines is 2. The summed E-state index contributed by atoms with van der Waals surface area (Å²) >= 11 is 0.683. The van der Waals surface area contributed by atoms with Gasteiger partial charge in [0.05, 0.1) is 24.6 Å². The van der Waals surface area contributed by atoms with Crippen molar-refractivity contribution in [2.45, 2.75) is 13.0 Å². The van der Waals surface area contributed by atoms with Crippen LogP contribution in [0.4, 0.5) is 15.8 Å². The van der Waals surface area contributed by atoms with Crippen LogP contribution in [0.1, 0.15) is 38.7 Å². The van der Waals surface area contributed by atoms with Crippen LogP contribution in [0, 0.1) is 5.82 Å². The Morgan fingerprint density at radius 3 is 2.47 bits per heavy atom. The number of para-hydroxylation sites is 2. The quantitative estimate of drug-likeness (QED) is 0.332. The second kappa shape index (κ2) is 12.1. The van der Waals surface area contributed by atoms with Crippen molar-refractivity contribution in [1.82, 2.24) is 9.69 Å². The Morgan fingerprint density at radius 1 is 1.17 bits per heavy atom. The number of amides is 3. The second-order valence-corrected chi connectivity index (χ2v) is 8.23. The monoisotopic (exact) mass is 515 g/mol. The van der Waals surface area contributed by atoms with E-state index in [2.05, 4.69) is 9.69 Å². The number of carbonyl (C=O) groups excluding carboxylic acids is 3. The molecule has 0 radical (unpaired) electrons. The van der Waals surface area contributed by atoms with Gasteiger partial charge in [0, 0.05) is 13.7 Å². The standard InChI is InChI=1S/C24H26FN5O5S/c1-3-35-17-7-5-4-6-16(17)30(24(33)21-18(26)19(22(27)31)29-36-21)20(23(32)28-12-13-34-2)14-8-10-15(25)11-9-14/h4-11,20H,3,12-13,26H2,1-2H3,(H2,27,31)(H,28,32)/t20-/m0/s1. The Kier molecular flexibility index (Phi) is 8.92. The van der Waals surface area contributed by atoms with E-state index in [9.17, 15) is 18.8 Å². The summed E-state index contributed by atoms with van der Waals surface area (Å²) in [4.78, 5) is 40.3. The number of rotatable bonds is 11. The average molecular weight is 516 g/mol. The Morgan fingerprint density at radius 2 is 1.86 bits per heavy atom. The summed E-state index contributed by atoms with van der Waals surface area (Å²) in [5, 5.41) is 2.73. The molecule has 0 spiro atoms. The smallest absolute Gasteiger partial charge is 0.273 e. The maximum atomic E-state index is 14.0. The van der Waals surface area contributed by atoms with E-state index in [1.807, 2.05) is 0 Å². The molecule has 1 atom stereocenters. The molecule has 1 heterocycles. The van der Waals surface area contributed by atoms with Crippen LogP contribution in [0.15, 0.2) is 48.5 Å². The fraction of sp³-hybridized carbons (Fsp3) is 0.250. The summed E-state index contributed by atoms with van der Waals surface area (Å²) in [5.74, 6) is -2.36. The largest absolute Gasteiger partial charge is 0.492 e. The minimum Gasteiger partial charge on any atom is -0.492 e. The third kappa shape index (κ3) is 5.78. The Hall–Kier alpha value is -4.03. The molecule has 36 heavy (non-hydrogen) atoms. The number of nitrogens with zero attached hydrogens (tertiary/aromatic N) is 2. The van der Waals surface area contributed by atoms with Crippen molar-refractivity contribution in [2.75, 3.05) is 37.5 Å². The number of halogens is 1. The highest BCUT2D eigenvalue weighted by molar-refractivity contribution is 7.09. The summed E-state index contributed by atoms with van der Waals surface area (Å²) < 4.78 is 28.4. The summed E-state index contributed by atoms with van der Waals surface area (Å²) in [5.41, 5.74) is 11.5. The number of hydrogen-bond acceptors (Lipinski definition) is 8. The molecular formula is C24H26FN5O5S. The first kappa shape index (κ1) is 26.6. The van der Waals surface area contributed by atoms with Crippen molar-refractivity contribution in [3.8, 4) is 5.75 Å². The normalized spacial score (nSPS) is 11.5. The van der Waals surface area contributed by atoms with Gasteiger partial charge in [-0.1, -0.05) is 24.3 Å². The summed E-state index contributed by atoms with van der Waals surface area (Å²) in [7, 11) is 1.49. The minimum absolute atomic E-state index is 0.0908. The summed E-state index contributed by atoms with van der Waals surface area (Å²) in [6, 6.07) is 10.6. The van der Waals surface area contributed by atoms with E-state index in [1.54, 1.807) is 31.2 Å². The number of ether oxygens (including phenoxy) is 2. The molecule has 0 saturated carbocycles. The Bertz CT molecular complexity index is 1230. The van der Waals surface area contributed by atoms with Gasteiger partial charge < -0.3 is 26.3 Å². The van der Waals surface area contributed by atoms with Crippen molar-refractivity contribution < 1.29 is 28.2 Å². The molecule has 0 fully saturated rings. The van der Waals surface area contributed by atoms with Gasteiger partial charge in [0.25, 0.3) is 11.8 Å². The van der Waals surface area contributed by atoms with Crippen molar-refractivity contribution in [3.05, 3.63) is 70.5 Å². The van der Waals surface area contributed by atoms with E-state index in [0.29, 0.717) is 22.8 Å². The fourth-order valence-electron chi connectivity index (χ4n) is 3.47. The Labute approximate surface area is 211 Å². The number of methoxy groups -OCH3 is 1. The zero-order chi connectivity index (χ0) is 26.2. The van der Waals surface area contributed by atoms with Gasteiger partial charge in [-0.05, 0) is 48.3 Å². The number of primary amides is 1. The third-order valence-electron chi connectivity index (χ3n) is 5.10. The molecule has 10 nitrogen and oxygen atoms in total. The zero-order valence-electron chi connectivity index (χ0n) is 19.7. The predicted molar refractivity (Wildman–Crippen MR) is 133 cm³/mol. The van der Waals surface area contributed by atoms with Crippen molar-refractivity contribution in [3.63, 3.8) is 0 Å². The van der Waals surface area contributed by atoms with Gasteiger partial charge in [0.1, 0.15) is 22.5 Å². The first-order valence-electron chi connectivity index (χ1n) is 10.9. The van der Waals surface area contributed by atoms with Crippen LogP contribution in [0.2, 0.25) is 0 Å². The van der Waals surface area contributed by atoms with Crippen LogP contribution in [-0.4, -0.2) is 49.0 Å². The predicted octanol–water partition coefficient (Wildman–Crippen LogP) is 2.51. The molecule has 0 saturated heterocycles. The number of nitrogen functional groups attached to an aromatic ring is 1. The number of hydrogen-bond donors (Lipinski definition) is 3. The van der Waals surface area contributed by atoms with E-state index in [4.69, 9.17) is 20.9 Å². The maximum absolute atomic E-state index is 14.0. The van der Waals surface area contributed by atoms with Crippen molar-refractivity contribution in [1.29, 1.82) is 0 Å². The van der Waals surface area contributed by atoms with E-state index in [0.717, 1.165) is 0 Å². The molecule has 2 aromatic carbocycles. The molecule has 3 amide bonds. The number of benzene rings is 2. The molecule has 0 unspecified atom stereocenters. The number of nitrogens with two attached hydrogens (primary N) is 2. The zero-order valence-corrected chi connectivity index (χ0v) is 20.5. The lowest BCUT2D eigenvalue weighted by molar-refractivity contribution is -0.122. The highest BCUT2D eigenvalue weighted by Crippen LogP contribution is 2.38. The molecular weight excluding hydrogens is 489 g/mol. The lowest BCUT2D eigenvalue weighted by Gasteiger charge is -2.32. The van der Waals surface area contributed by atoms with Crippen LogP contribution in [0.3, 0.4) is 0 Å². The lowest BCUT2D eigenvalue weighted by Crippen LogP contribution is -2.45. The van der Waals surface area contributed by atoms with Crippen LogP contribution >= 0.6 is 11.5 Å². The molecule has 3 aromatic rings. The molecule has 190 valence electrons. The van der Waals surface area contributed by atoms with Crippen LogP contribution in [-0.2, 0) is 9.53 Å². The molecule has 1 aromatic heterocycles. The van der Waals surface area contributed by atoms with Gasteiger partial charge in [-0.3, -0.25) is 19.3 Å². The van der Waals surface area contributed by atoms with Gasteiger partial charge in [0.15, 0.2) is 5.69 Å². The highest BCUT2D eigenvalue weighted by atomic mass is 32.1. The highest BCUT2D eigenvalue weighted by Gasteiger charge is 2.37. The van der Waals surface area contributed by atoms with Gasteiger partial charge in [-0.2, -0.15) is 4.37 Å². The van der Waals surface area contributed by atoms with E-state index in [1.165, 1.54) is 36.3 Å². The lowest BCUT2D eigenvalue weighted by atomic mass is 10.0. The van der Waals surface area contributed by atoms with E-state index in [-0.39, 0.29) is 41.7 Å². The molecule has 0 aliphatic carbocycles. The van der Waals surface area contributed by atoms with Gasteiger partial charge in [0.2, 0.25) is 5.91 Å². The van der Waals surface area contributed by atoms with Gasteiger partial charge in [-0.15, -0.1) is 0 Å². The van der Waals surface area contributed by atoms with Crippen LogP contribution in [0.5, 0.6) is 5.75 Å². The average Bonchev–Trinajstić information content (AvgIpc) is 3.25. The SMILES string of the molecule is CCOc1ccccc1N(C(=O)c1snc(C(N)=O)c1N)[C@H](C(=O)NCCOC)c1ccc(F)cc1. The first-order valence-corrected chi connectivity index (χ1v) is 11.7. The van der Waals surface area contributed by atoms with Gasteiger partial charge in [-0.25, -0.2) is 4.39 Å². The first-order chi connectivity index (χ1) is 17.3. The van der Waals surface area contributed by atoms with Gasteiger partial charge >= 0.3 is 0 Å². The fourth-order valence-corrected chi connectivity index (χ4v) is 4.22. The molecule has 5 N–H and O–H groups in total. The van der Waals surface area contributed by atoms with Crippen LogP contribution in [0.25, 0.3) is 0 Å². The van der Waals surface area contributed by atoms with E-state index < -0.39 is 29.6 Å². The molecule has 0 aliphatic heterocycles. The summed E-state index contributed by atoms with van der Waals surface area (Å²) in [6.07, 6.45) is 0. The van der Waals surface area contributed by atoms with Crippen molar-refractivity contribution in [2.24, 2.45) is 5.73 Å². The summed E-state index contributed by atoms with van der Waals surface area (Å²) in [6.45, 7) is 2.46. The van der Waals surface area contributed by atoms with E-state index >= 15 is 0 Å². The third-order valence-corrected chi connectivity index (χ3v) is 5.95. The van der Waals surface area contributed by atoms with Crippen LogP contribution < -0.4 is 26.4 Å². The van der Waals surface area contributed by atoms with Crippen molar-refractivity contribution >= 4 is 40.6 Å². The maximum Gasteiger partial charge on any atom is 0.273 e. The topological polar surface area (TPSA) is 150 Å². The molecule has 0 bridgehead atoms. The molecule has 12 heteroatoms. The number of aromatic nitrogens is 1. The molecule has 3 rings (SSSR count).